The molecule has 1 saturated heterocycles. The molecule has 1 fully saturated rings. The first-order chi connectivity index (χ1) is 22.7. The summed E-state index contributed by atoms with van der Waals surface area (Å²) in [7, 11) is 6.50. The quantitative estimate of drug-likeness (QED) is 0.175. The Balaban J connectivity index is 2.14. The number of hydrogen-bond donors (Lipinski definition) is 4. The normalized spacial score (nSPS) is 19.8. The van der Waals surface area contributed by atoms with E-state index in [2.05, 4.69) is 16.0 Å². The number of carbonyl (C=O) groups excluding carboxylic acids is 4. The van der Waals surface area contributed by atoms with Crippen molar-refractivity contribution in [2.45, 2.75) is 110 Å². The monoisotopic (exact) mass is 675 g/mol. The summed E-state index contributed by atoms with van der Waals surface area (Å²) in [6.07, 6.45) is 0.202. The fourth-order valence-corrected chi connectivity index (χ4v) is 6.86. The van der Waals surface area contributed by atoms with Crippen molar-refractivity contribution in [2.24, 2.45) is 17.8 Å². The topological polar surface area (TPSA) is 150 Å². The third-order valence-electron chi connectivity index (χ3n) is 9.96. The molecule has 0 radical (unpaired) electrons. The molecular weight excluding hydrogens is 614 g/mol. The zero-order chi connectivity index (χ0) is 36.1. The molecule has 48 heavy (non-hydrogen) atoms. The molecular formula is C36H61N5O7. The molecule has 1 aromatic rings. The number of aliphatic hydroxyl groups excluding tert-OH is 1. The van der Waals surface area contributed by atoms with E-state index in [1.165, 1.54) is 0 Å². The predicted octanol–water partition coefficient (Wildman–Crippen LogP) is 2.51. The molecule has 12 heteroatoms. The average Bonchev–Trinajstić information content (AvgIpc) is 3.56. The van der Waals surface area contributed by atoms with Crippen molar-refractivity contribution in [3.8, 4) is 0 Å². The number of nitrogens with zero attached hydrogens (tertiary/aromatic N) is 2. The first kappa shape index (κ1) is 41.1. The second-order valence-corrected chi connectivity index (χ2v) is 13.5. The highest BCUT2D eigenvalue weighted by molar-refractivity contribution is 5.87. The van der Waals surface area contributed by atoms with Gasteiger partial charge in [-0.2, -0.15) is 0 Å². The van der Waals surface area contributed by atoms with Gasteiger partial charge in [0.1, 0.15) is 0 Å². The van der Waals surface area contributed by atoms with Gasteiger partial charge in [-0.3, -0.25) is 19.2 Å². The number of likely N-dealkylation sites (tertiary alicyclic amines) is 1. The van der Waals surface area contributed by atoms with Crippen molar-refractivity contribution in [3.63, 3.8) is 0 Å². The maximum atomic E-state index is 13.9. The van der Waals surface area contributed by atoms with Crippen molar-refractivity contribution >= 4 is 23.6 Å². The van der Waals surface area contributed by atoms with E-state index >= 15 is 0 Å². The van der Waals surface area contributed by atoms with Crippen LogP contribution in [0.4, 0.5) is 0 Å². The van der Waals surface area contributed by atoms with Crippen molar-refractivity contribution in [1.82, 2.24) is 25.8 Å². The Hall–Kier alpha value is -3.06. The lowest BCUT2D eigenvalue weighted by molar-refractivity contribution is -0.146. The van der Waals surface area contributed by atoms with Gasteiger partial charge in [0.2, 0.25) is 23.6 Å². The summed E-state index contributed by atoms with van der Waals surface area (Å²) in [5, 5.41) is 19.4. The maximum absolute atomic E-state index is 13.9. The lowest BCUT2D eigenvalue weighted by atomic mass is 9.90. The fraction of sp³-hybridized carbons (Fsp3) is 0.722. The van der Waals surface area contributed by atoms with E-state index in [1.54, 1.807) is 52.0 Å². The van der Waals surface area contributed by atoms with Crippen LogP contribution in [0.1, 0.15) is 78.9 Å². The molecule has 1 heterocycles. The number of ether oxygens (including phenoxy) is 2. The lowest BCUT2D eigenvalue weighted by Crippen LogP contribution is -2.55. The molecule has 0 unspecified atom stereocenters. The van der Waals surface area contributed by atoms with Crippen LogP contribution < -0.4 is 16.0 Å². The molecule has 4 N–H and O–H groups in total. The highest BCUT2D eigenvalue weighted by Crippen LogP contribution is 2.29. The average molecular weight is 676 g/mol. The fourth-order valence-electron chi connectivity index (χ4n) is 6.86. The molecule has 1 aliphatic rings. The van der Waals surface area contributed by atoms with Crippen LogP contribution in [0.15, 0.2) is 30.3 Å². The minimum atomic E-state index is -0.871. The molecule has 1 aliphatic heterocycles. The second-order valence-electron chi connectivity index (χ2n) is 13.5. The molecule has 2 rings (SSSR count). The number of rotatable bonds is 19. The van der Waals surface area contributed by atoms with Gasteiger partial charge in [-0.1, -0.05) is 71.4 Å². The van der Waals surface area contributed by atoms with Gasteiger partial charge in [0, 0.05) is 27.8 Å². The number of hydrogen-bond acceptors (Lipinski definition) is 8. The standard InChI is InChI=1S/C36H61N5O7/c1-11-23(4)32(40(8)30(43)21-38-36(46)31(37-7)22(2)3)28(47-9)20-29(42)41-19-15-18-27(41)34(48-10)24(5)35(45)39-25(6)33(44)26-16-13-12-14-17-26/h12-14,16-17,22-25,27-28,31-34,37,44H,11,15,18-21H2,1-10H3,(H,38,46)(H,39,45)/t23-,24+,25+,27-,28+,31-,32-,33+,34+/m1/s1. The third kappa shape index (κ3) is 10.7. The number of methoxy groups -OCH3 is 2. The van der Waals surface area contributed by atoms with Gasteiger partial charge in [0.05, 0.1) is 61.4 Å². The summed E-state index contributed by atoms with van der Waals surface area (Å²) in [5.41, 5.74) is 0.711. The van der Waals surface area contributed by atoms with Crippen LogP contribution in [0.25, 0.3) is 0 Å². The smallest absolute Gasteiger partial charge is 0.242 e. The molecule has 0 aromatic heterocycles. The van der Waals surface area contributed by atoms with Gasteiger partial charge in [0.25, 0.3) is 0 Å². The van der Waals surface area contributed by atoms with Crippen molar-refractivity contribution in [3.05, 3.63) is 35.9 Å². The highest BCUT2D eigenvalue weighted by Gasteiger charge is 2.42. The van der Waals surface area contributed by atoms with Crippen LogP contribution in [0.3, 0.4) is 0 Å². The van der Waals surface area contributed by atoms with Crippen molar-refractivity contribution in [1.29, 1.82) is 0 Å². The molecule has 9 atom stereocenters. The molecule has 0 saturated carbocycles. The third-order valence-corrected chi connectivity index (χ3v) is 9.96. The first-order valence-electron chi connectivity index (χ1n) is 17.3. The van der Waals surface area contributed by atoms with Gasteiger partial charge >= 0.3 is 0 Å². The Kier molecular flexibility index (Phi) is 17.0. The van der Waals surface area contributed by atoms with Crippen LogP contribution in [0, 0.1) is 17.8 Å². The number of amides is 4. The summed E-state index contributed by atoms with van der Waals surface area (Å²) in [4.78, 5) is 56.7. The zero-order valence-electron chi connectivity index (χ0n) is 30.7. The molecule has 0 spiro atoms. The van der Waals surface area contributed by atoms with Crippen LogP contribution in [-0.4, -0.2) is 116 Å². The van der Waals surface area contributed by atoms with Crippen molar-refractivity contribution < 1.29 is 33.8 Å². The van der Waals surface area contributed by atoms with E-state index in [0.717, 1.165) is 12.8 Å². The van der Waals surface area contributed by atoms with E-state index in [0.29, 0.717) is 18.5 Å². The number of aliphatic hydroxyl groups is 1. The predicted molar refractivity (Wildman–Crippen MR) is 186 cm³/mol. The van der Waals surface area contributed by atoms with E-state index in [1.807, 2.05) is 58.0 Å². The highest BCUT2D eigenvalue weighted by atomic mass is 16.5. The molecule has 12 nitrogen and oxygen atoms in total. The minimum absolute atomic E-state index is 0.00571. The number of nitrogens with one attached hydrogen (secondary N) is 3. The summed E-state index contributed by atoms with van der Waals surface area (Å²) in [5.74, 6) is -1.45. The zero-order valence-corrected chi connectivity index (χ0v) is 30.7. The van der Waals surface area contributed by atoms with E-state index in [4.69, 9.17) is 9.47 Å². The Labute approximate surface area is 287 Å². The van der Waals surface area contributed by atoms with Crippen LogP contribution in [-0.2, 0) is 28.7 Å². The first-order valence-corrected chi connectivity index (χ1v) is 17.3. The minimum Gasteiger partial charge on any atom is -0.386 e. The SMILES string of the molecule is CC[C@@H](C)[C@H]([C@H](CC(=O)N1CCC[C@@H]1[C@@H](OC)[C@H](C)C(=O)N[C@@H](C)[C@H](O)c1ccccc1)OC)N(C)C(=O)CNC(=O)[C@H](NC)C(C)C. The van der Waals surface area contributed by atoms with Gasteiger partial charge in [-0.25, -0.2) is 0 Å². The Bertz CT molecular complexity index is 1170. The van der Waals surface area contributed by atoms with Crippen LogP contribution >= 0.6 is 0 Å². The van der Waals surface area contributed by atoms with E-state index < -0.39 is 42.4 Å². The summed E-state index contributed by atoms with van der Waals surface area (Å²) in [6.45, 7) is 11.8. The van der Waals surface area contributed by atoms with E-state index in [9.17, 15) is 24.3 Å². The van der Waals surface area contributed by atoms with Gasteiger partial charge in [0.15, 0.2) is 0 Å². The van der Waals surface area contributed by atoms with Crippen LogP contribution in [0.2, 0.25) is 0 Å². The maximum Gasteiger partial charge on any atom is 0.242 e. The molecule has 1 aromatic carbocycles. The second kappa shape index (κ2) is 19.8. The van der Waals surface area contributed by atoms with Gasteiger partial charge in [-0.05, 0) is 44.2 Å². The largest absolute Gasteiger partial charge is 0.386 e. The Morgan fingerprint density at radius 3 is 2.21 bits per heavy atom. The van der Waals surface area contributed by atoms with Gasteiger partial charge in [-0.15, -0.1) is 0 Å². The summed E-state index contributed by atoms with van der Waals surface area (Å²) >= 11 is 0. The lowest BCUT2D eigenvalue weighted by Gasteiger charge is -2.39. The molecule has 0 bridgehead atoms. The number of carbonyl (C=O) groups is 4. The summed E-state index contributed by atoms with van der Waals surface area (Å²) in [6, 6.07) is 7.48. The van der Waals surface area contributed by atoms with Crippen molar-refractivity contribution in [2.75, 3.05) is 41.4 Å². The Morgan fingerprint density at radius 1 is 1.02 bits per heavy atom. The number of benzene rings is 1. The number of likely N-dealkylation sites (N-methyl/N-ethyl adjacent to an activating group) is 2. The summed E-state index contributed by atoms with van der Waals surface area (Å²) < 4.78 is 11.8. The Morgan fingerprint density at radius 2 is 1.67 bits per heavy atom. The van der Waals surface area contributed by atoms with Gasteiger partial charge < -0.3 is 40.3 Å². The molecule has 4 amide bonds. The molecule has 0 aliphatic carbocycles. The van der Waals surface area contributed by atoms with E-state index in [-0.39, 0.29) is 54.5 Å². The van der Waals surface area contributed by atoms with Crippen LogP contribution in [0.5, 0.6) is 0 Å². The molecule has 272 valence electrons.